The van der Waals surface area contributed by atoms with Crippen molar-refractivity contribution < 1.29 is 4.42 Å². The van der Waals surface area contributed by atoms with Crippen molar-refractivity contribution in [1.82, 2.24) is 15.2 Å². The van der Waals surface area contributed by atoms with Gasteiger partial charge in [0.15, 0.2) is 0 Å². The maximum absolute atomic E-state index is 5.67. The highest BCUT2D eigenvalue weighted by Gasteiger charge is 2.24. The van der Waals surface area contributed by atoms with Crippen LogP contribution in [0.15, 0.2) is 10.7 Å². The molecule has 0 spiro atoms. The van der Waals surface area contributed by atoms with E-state index in [0.29, 0.717) is 12.1 Å². The Kier molecular flexibility index (Phi) is 3.75. The Morgan fingerprint density at radius 2 is 2.26 bits per heavy atom. The molecule has 19 heavy (non-hydrogen) atoms. The van der Waals surface area contributed by atoms with E-state index >= 15 is 0 Å². The van der Waals surface area contributed by atoms with E-state index in [2.05, 4.69) is 34.1 Å². The zero-order valence-electron chi connectivity index (χ0n) is 11.9. The third-order valence-corrected chi connectivity index (χ3v) is 3.98. The van der Waals surface area contributed by atoms with Gasteiger partial charge in [-0.15, -0.1) is 0 Å². The molecule has 106 valence electrons. The number of rotatable bonds is 4. The van der Waals surface area contributed by atoms with Crippen LogP contribution in [0, 0.1) is 0 Å². The Hall–Kier alpha value is -1.07. The number of hydrogen-bond acceptors (Lipinski definition) is 5. The van der Waals surface area contributed by atoms with Gasteiger partial charge in [0.25, 0.3) is 6.01 Å². The van der Waals surface area contributed by atoms with Crippen molar-refractivity contribution in [1.29, 1.82) is 0 Å². The second kappa shape index (κ2) is 5.51. The molecular formula is C14H24N4O. The molecule has 0 radical (unpaired) electrons. The maximum atomic E-state index is 5.67. The lowest BCUT2D eigenvalue weighted by atomic mass is 10.3. The maximum Gasteiger partial charge on any atom is 0.297 e. The Bertz CT molecular complexity index is 415. The van der Waals surface area contributed by atoms with Gasteiger partial charge in [-0.2, -0.15) is 4.98 Å². The molecule has 2 heterocycles. The first-order valence-corrected chi connectivity index (χ1v) is 7.35. The largest absolute Gasteiger partial charge is 0.432 e. The Morgan fingerprint density at radius 3 is 3.05 bits per heavy atom. The average molecular weight is 264 g/mol. The Labute approximate surface area is 115 Å². The molecule has 5 heteroatoms. The normalized spacial score (nSPS) is 25.6. The minimum absolute atomic E-state index is 0.454. The second-order valence-electron chi connectivity index (χ2n) is 5.93. The van der Waals surface area contributed by atoms with Crippen LogP contribution >= 0.6 is 0 Å². The second-order valence-corrected chi connectivity index (χ2v) is 5.93. The number of oxazole rings is 1. The van der Waals surface area contributed by atoms with Crippen LogP contribution in [0.25, 0.3) is 0 Å². The van der Waals surface area contributed by atoms with Crippen LogP contribution in [-0.2, 0) is 6.54 Å². The molecule has 3 rings (SSSR count). The standard InChI is InChI=1S/C14H24N4O/c1-11-9-17(2)6-3-7-18(11)14-16-13(10-19-14)8-15-12-4-5-12/h10-12,15H,3-9H2,1-2H3. The lowest BCUT2D eigenvalue weighted by Gasteiger charge is -2.26. The quantitative estimate of drug-likeness (QED) is 0.892. The third kappa shape index (κ3) is 3.28. The SMILES string of the molecule is CC1CN(C)CCCN1c1nc(CNC2CC2)co1. The van der Waals surface area contributed by atoms with Gasteiger partial charge in [-0.25, -0.2) is 0 Å². The van der Waals surface area contributed by atoms with E-state index in [4.69, 9.17) is 4.42 Å². The lowest BCUT2D eigenvalue weighted by Crippen LogP contribution is -2.38. The summed E-state index contributed by atoms with van der Waals surface area (Å²) in [4.78, 5) is 9.30. The van der Waals surface area contributed by atoms with E-state index in [0.717, 1.165) is 37.9 Å². The summed E-state index contributed by atoms with van der Waals surface area (Å²) in [5.74, 6) is 0. The van der Waals surface area contributed by atoms with Gasteiger partial charge >= 0.3 is 0 Å². The van der Waals surface area contributed by atoms with Crippen LogP contribution in [0.3, 0.4) is 0 Å². The molecule has 1 aromatic rings. The first-order chi connectivity index (χ1) is 9.22. The molecule has 1 aliphatic heterocycles. The molecule has 0 amide bonds. The van der Waals surface area contributed by atoms with Crippen LogP contribution in [0.5, 0.6) is 0 Å². The minimum atomic E-state index is 0.454. The number of hydrogen-bond donors (Lipinski definition) is 1. The number of nitrogens with zero attached hydrogens (tertiary/aromatic N) is 3. The van der Waals surface area contributed by atoms with E-state index in [1.54, 1.807) is 6.26 Å². The average Bonchev–Trinajstić information content (AvgIpc) is 3.12. The molecule has 1 aliphatic carbocycles. The highest BCUT2D eigenvalue weighted by atomic mass is 16.4. The number of aromatic nitrogens is 1. The molecule has 1 N–H and O–H groups in total. The summed E-state index contributed by atoms with van der Waals surface area (Å²) in [5, 5.41) is 3.47. The van der Waals surface area contributed by atoms with E-state index in [9.17, 15) is 0 Å². The van der Waals surface area contributed by atoms with Crippen LogP contribution in [-0.4, -0.2) is 48.6 Å². The van der Waals surface area contributed by atoms with Crippen molar-refractivity contribution in [3.05, 3.63) is 12.0 Å². The van der Waals surface area contributed by atoms with Crippen molar-refractivity contribution in [2.24, 2.45) is 0 Å². The van der Waals surface area contributed by atoms with Gasteiger partial charge in [-0.1, -0.05) is 0 Å². The zero-order chi connectivity index (χ0) is 13.2. The van der Waals surface area contributed by atoms with Crippen molar-refractivity contribution in [2.75, 3.05) is 31.6 Å². The summed E-state index contributed by atoms with van der Waals surface area (Å²) in [5.41, 5.74) is 1.02. The molecule has 0 bridgehead atoms. The third-order valence-electron chi connectivity index (χ3n) is 3.98. The number of anilines is 1. The highest BCUT2D eigenvalue weighted by molar-refractivity contribution is 5.29. The minimum Gasteiger partial charge on any atom is -0.432 e. The molecule has 2 fully saturated rings. The van der Waals surface area contributed by atoms with E-state index in [-0.39, 0.29) is 0 Å². The van der Waals surface area contributed by atoms with Gasteiger partial charge in [0, 0.05) is 31.7 Å². The molecule has 2 aliphatic rings. The van der Waals surface area contributed by atoms with E-state index in [1.165, 1.54) is 19.3 Å². The number of nitrogens with one attached hydrogen (secondary N) is 1. The van der Waals surface area contributed by atoms with Gasteiger partial charge in [0.05, 0.1) is 5.69 Å². The summed E-state index contributed by atoms with van der Waals surface area (Å²) in [7, 11) is 2.18. The van der Waals surface area contributed by atoms with Crippen LogP contribution < -0.4 is 10.2 Å². The lowest BCUT2D eigenvalue weighted by molar-refractivity contribution is 0.335. The fraction of sp³-hybridized carbons (Fsp3) is 0.786. The van der Waals surface area contributed by atoms with Crippen molar-refractivity contribution in [3.8, 4) is 0 Å². The van der Waals surface area contributed by atoms with Gasteiger partial charge in [0.1, 0.15) is 6.26 Å². The van der Waals surface area contributed by atoms with E-state index < -0.39 is 0 Å². The first kappa shape index (κ1) is 12.9. The Balaban J connectivity index is 1.63. The molecule has 1 saturated carbocycles. The summed E-state index contributed by atoms with van der Waals surface area (Å²) >= 11 is 0. The van der Waals surface area contributed by atoms with E-state index in [1.807, 2.05) is 0 Å². The highest BCUT2D eigenvalue weighted by Crippen LogP contribution is 2.21. The molecule has 0 aromatic carbocycles. The van der Waals surface area contributed by atoms with Gasteiger partial charge in [0.2, 0.25) is 0 Å². The summed E-state index contributed by atoms with van der Waals surface area (Å²) in [6.45, 7) is 6.32. The van der Waals surface area contributed by atoms with Crippen molar-refractivity contribution in [3.63, 3.8) is 0 Å². The van der Waals surface area contributed by atoms with Crippen LogP contribution in [0.1, 0.15) is 31.9 Å². The molecule has 1 aromatic heterocycles. The van der Waals surface area contributed by atoms with Gasteiger partial charge < -0.3 is 19.5 Å². The summed E-state index contributed by atoms with van der Waals surface area (Å²) < 4.78 is 5.67. The van der Waals surface area contributed by atoms with Crippen LogP contribution in [0.2, 0.25) is 0 Å². The molecular weight excluding hydrogens is 240 g/mol. The molecule has 1 atom stereocenters. The Morgan fingerprint density at radius 1 is 1.42 bits per heavy atom. The molecule has 1 unspecified atom stereocenters. The molecule has 1 saturated heterocycles. The van der Waals surface area contributed by atoms with Gasteiger partial charge in [-0.05, 0) is 39.8 Å². The summed E-state index contributed by atoms with van der Waals surface area (Å²) in [6.07, 6.45) is 5.57. The fourth-order valence-corrected chi connectivity index (χ4v) is 2.70. The summed E-state index contributed by atoms with van der Waals surface area (Å²) in [6, 6.07) is 1.96. The monoisotopic (exact) mass is 264 g/mol. The van der Waals surface area contributed by atoms with Crippen molar-refractivity contribution in [2.45, 2.75) is 44.8 Å². The topological polar surface area (TPSA) is 44.5 Å². The predicted molar refractivity (Wildman–Crippen MR) is 75.3 cm³/mol. The molecule has 5 nitrogen and oxygen atoms in total. The smallest absolute Gasteiger partial charge is 0.297 e. The van der Waals surface area contributed by atoms with Crippen LogP contribution in [0.4, 0.5) is 6.01 Å². The number of likely N-dealkylation sites (N-methyl/N-ethyl adjacent to an activating group) is 1. The predicted octanol–water partition coefficient (Wildman–Crippen LogP) is 1.46. The van der Waals surface area contributed by atoms with Crippen molar-refractivity contribution >= 4 is 6.01 Å². The zero-order valence-corrected chi connectivity index (χ0v) is 11.9. The first-order valence-electron chi connectivity index (χ1n) is 7.35. The fourth-order valence-electron chi connectivity index (χ4n) is 2.70. The van der Waals surface area contributed by atoms with Gasteiger partial charge in [-0.3, -0.25) is 0 Å².